The minimum atomic E-state index is -0.547. The largest absolute Gasteiger partial charge is 0.378 e. The molecule has 7 nitrogen and oxygen atoms in total. The molecule has 0 aliphatic carbocycles. The molecule has 4 aromatic rings. The molecule has 0 unspecified atom stereocenters. The fraction of sp³-hybridized carbons (Fsp3) is 0.125. The van der Waals surface area contributed by atoms with Gasteiger partial charge in [0.2, 0.25) is 0 Å². The van der Waals surface area contributed by atoms with Crippen LogP contribution in [0.1, 0.15) is 28.7 Å². The smallest absolute Gasteiger partial charge is 0.274 e. The van der Waals surface area contributed by atoms with Gasteiger partial charge in [-0.1, -0.05) is 49.4 Å². The maximum atomic E-state index is 11.5. The van der Waals surface area contributed by atoms with E-state index in [9.17, 15) is 4.79 Å². The topological polar surface area (TPSA) is 92.1 Å². The standard InChI is InChI=1S/C24H23N5O2/c1-2-17-8-10-18(11-9-17)23-26-22(29(27-23)21-6-4-3-5-7-21)16-25-20-14-12-19(13-15-20)24(30)28-31/h3-15,25,31H,2,16H2,1H3,(H,28,30). The van der Waals surface area contributed by atoms with Crippen molar-refractivity contribution >= 4 is 11.6 Å². The molecular formula is C24H23N5O2. The van der Waals surface area contributed by atoms with Gasteiger partial charge in [-0.05, 0) is 48.4 Å². The van der Waals surface area contributed by atoms with Gasteiger partial charge in [-0.15, -0.1) is 5.10 Å². The lowest BCUT2D eigenvalue weighted by atomic mass is 10.1. The lowest BCUT2D eigenvalue weighted by Gasteiger charge is -2.08. The van der Waals surface area contributed by atoms with E-state index in [-0.39, 0.29) is 0 Å². The number of aryl methyl sites for hydroxylation is 1. The van der Waals surface area contributed by atoms with E-state index < -0.39 is 5.91 Å². The predicted octanol–water partition coefficient (Wildman–Crippen LogP) is 4.23. The summed E-state index contributed by atoms with van der Waals surface area (Å²) in [7, 11) is 0. The van der Waals surface area contributed by atoms with E-state index >= 15 is 0 Å². The number of nitrogens with one attached hydrogen (secondary N) is 2. The van der Waals surface area contributed by atoms with Crippen molar-refractivity contribution in [2.24, 2.45) is 0 Å². The molecule has 0 saturated heterocycles. The van der Waals surface area contributed by atoms with Crippen LogP contribution < -0.4 is 10.8 Å². The zero-order chi connectivity index (χ0) is 21.6. The average Bonchev–Trinajstić information content (AvgIpc) is 3.27. The van der Waals surface area contributed by atoms with Crippen molar-refractivity contribution in [2.75, 3.05) is 5.32 Å². The Labute approximate surface area is 180 Å². The number of benzene rings is 3. The summed E-state index contributed by atoms with van der Waals surface area (Å²) >= 11 is 0. The fourth-order valence-corrected chi connectivity index (χ4v) is 3.23. The molecule has 1 aromatic heterocycles. The van der Waals surface area contributed by atoms with E-state index in [0.717, 1.165) is 29.2 Å². The molecule has 1 amide bonds. The fourth-order valence-electron chi connectivity index (χ4n) is 3.23. The Morgan fingerprint density at radius 1 is 0.968 bits per heavy atom. The van der Waals surface area contributed by atoms with Crippen LogP contribution in [0.5, 0.6) is 0 Å². The summed E-state index contributed by atoms with van der Waals surface area (Å²) in [5, 5.41) is 16.8. The first-order valence-corrected chi connectivity index (χ1v) is 10.1. The number of para-hydroxylation sites is 1. The van der Waals surface area contributed by atoms with Gasteiger partial charge in [0, 0.05) is 16.8 Å². The maximum Gasteiger partial charge on any atom is 0.274 e. The van der Waals surface area contributed by atoms with Crippen LogP contribution in [0, 0.1) is 0 Å². The third kappa shape index (κ3) is 4.62. The molecule has 3 N–H and O–H groups in total. The zero-order valence-corrected chi connectivity index (χ0v) is 17.1. The van der Waals surface area contributed by atoms with Crippen molar-refractivity contribution < 1.29 is 10.0 Å². The van der Waals surface area contributed by atoms with E-state index in [0.29, 0.717) is 17.9 Å². The Hall–Kier alpha value is -3.97. The molecule has 4 rings (SSSR count). The number of amides is 1. The molecule has 31 heavy (non-hydrogen) atoms. The zero-order valence-electron chi connectivity index (χ0n) is 17.1. The minimum Gasteiger partial charge on any atom is -0.378 e. The Balaban J connectivity index is 1.60. The average molecular weight is 413 g/mol. The van der Waals surface area contributed by atoms with Crippen LogP contribution in [-0.2, 0) is 13.0 Å². The Morgan fingerprint density at radius 2 is 1.68 bits per heavy atom. The first-order chi connectivity index (χ1) is 15.2. The van der Waals surface area contributed by atoms with Gasteiger partial charge in [-0.3, -0.25) is 10.0 Å². The third-order valence-electron chi connectivity index (χ3n) is 4.99. The van der Waals surface area contributed by atoms with Crippen molar-refractivity contribution in [3.63, 3.8) is 0 Å². The van der Waals surface area contributed by atoms with E-state index in [1.807, 2.05) is 47.1 Å². The number of carbonyl (C=O) groups is 1. The van der Waals surface area contributed by atoms with Crippen molar-refractivity contribution in [1.29, 1.82) is 0 Å². The summed E-state index contributed by atoms with van der Waals surface area (Å²) in [5.74, 6) is 0.880. The quantitative estimate of drug-likeness (QED) is 0.312. The molecule has 0 saturated carbocycles. The number of carbonyl (C=O) groups excluding carboxylic acids is 1. The molecule has 0 fully saturated rings. The second-order valence-electron chi connectivity index (χ2n) is 7.02. The summed E-state index contributed by atoms with van der Waals surface area (Å²) < 4.78 is 1.84. The summed E-state index contributed by atoms with van der Waals surface area (Å²) in [6.07, 6.45) is 0.986. The highest BCUT2D eigenvalue weighted by molar-refractivity contribution is 5.93. The molecule has 1 heterocycles. The SMILES string of the molecule is CCc1ccc(-c2nc(CNc3ccc(C(=O)NO)cc3)n(-c3ccccc3)n2)cc1. The maximum absolute atomic E-state index is 11.5. The second kappa shape index (κ2) is 9.23. The van der Waals surface area contributed by atoms with Crippen molar-refractivity contribution in [3.05, 3.63) is 95.8 Å². The van der Waals surface area contributed by atoms with Crippen LogP contribution >= 0.6 is 0 Å². The van der Waals surface area contributed by atoms with Gasteiger partial charge in [-0.25, -0.2) is 15.1 Å². The van der Waals surface area contributed by atoms with Gasteiger partial charge >= 0.3 is 0 Å². The van der Waals surface area contributed by atoms with Gasteiger partial charge in [-0.2, -0.15) is 0 Å². The highest BCUT2D eigenvalue weighted by Crippen LogP contribution is 2.20. The molecule has 0 aliphatic heterocycles. The Morgan fingerprint density at radius 3 is 2.32 bits per heavy atom. The third-order valence-corrected chi connectivity index (χ3v) is 4.99. The Bertz CT molecular complexity index is 1150. The number of hydrogen-bond donors (Lipinski definition) is 3. The summed E-state index contributed by atoms with van der Waals surface area (Å²) in [5.41, 5.74) is 5.99. The molecule has 0 aliphatic rings. The molecular weight excluding hydrogens is 390 g/mol. The second-order valence-corrected chi connectivity index (χ2v) is 7.02. The van der Waals surface area contributed by atoms with Crippen LogP contribution in [0.2, 0.25) is 0 Å². The Kier molecular flexibility index (Phi) is 6.05. The van der Waals surface area contributed by atoms with Crippen molar-refractivity contribution in [3.8, 4) is 17.1 Å². The van der Waals surface area contributed by atoms with Gasteiger partial charge in [0.1, 0.15) is 0 Å². The van der Waals surface area contributed by atoms with Crippen LogP contribution in [0.3, 0.4) is 0 Å². The van der Waals surface area contributed by atoms with Crippen molar-refractivity contribution in [1.82, 2.24) is 20.2 Å². The lowest BCUT2D eigenvalue weighted by molar-refractivity contribution is 0.0706. The van der Waals surface area contributed by atoms with Crippen LogP contribution in [0.4, 0.5) is 5.69 Å². The predicted molar refractivity (Wildman–Crippen MR) is 119 cm³/mol. The number of rotatable bonds is 7. The minimum absolute atomic E-state index is 0.373. The van der Waals surface area contributed by atoms with Gasteiger partial charge in [0.25, 0.3) is 5.91 Å². The van der Waals surface area contributed by atoms with Gasteiger partial charge < -0.3 is 5.32 Å². The number of nitrogens with zero attached hydrogens (tertiary/aromatic N) is 3. The first-order valence-electron chi connectivity index (χ1n) is 10.1. The first kappa shape index (κ1) is 20.3. The molecule has 0 radical (unpaired) electrons. The number of anilines is 1. The number of hydroxylamine groups is 1. The van der Waals surface area contributed by atoms with Crippen LogP contribution in [-0.4, -0.2) is 25.9 Å². The summed E-state index contributed by atoms with van der Waals surface area (Å²) in [4.78, 5) is 16.3. The number of hydrogen-bond acceptors (Lipinski definition) is 5. The lowest BCUT2D eigenvalue weighted by Crippen LogP contribution is -2.18. The van der Waals surface area contributed by atoms with E-state index in [2.05, 4.69) is 24.4 Å². The molecule has 3 aromatic carbocycles. The number of aromatic nitrogens is 3. The molecule has 0 atom stereocenters. The van der Waals surface area contributed by atoms with Crippen molar-refractivity contribution in [2.45, 2.75) is 19.9 Å². The molecule has 156 valence electrons. The molecule has 7 heteroatoms. The van der Waals surface area contributed by atoms with E-state index in [1.165, 1.54) is 5.56 Å². The summed E-state index contributed by atoms with van der Waals surface area (Å²) in [6, 6.07) is 25.0. The van der Waals surface area contributed by atoms with E-state index in [1.54, 1.807) is 29.7 Å². The van der Waals surface area contributed by atoms with Crippen LogP contribution in [0.15, 0.2) is 78.9 Å². The summed E-state index contributed by atoms with van der Waals surface area (Å²) in [6.45, 7) is 2.57. The van der Waals surface area contributed by atoms with E-state index in [4.69, 9.17) is 15.3 Å². The normalized spacial score (nSPS) is 10.6. The molecule has 0 bridgehead atoms. The molecule has 0 spiro atoms. The van der Waals surface area contributed by atoms with Gasteiger partial charge in [0.15, 0.2) is 11.6 Å². The highest BCUT2D eigenvalue weighted by Gasteiger charge is 2.13. The highest BCUT2D eigenvalue weighted by atomic mass is 16.5. The van der Waals surface area contributed by atoms with Crippen LogP contribution in [0.25, 0.3) is 17.1 Å². The monoisotopic (exact) mass is 413 g/mol. The van der Waals surface area contributed by atoms with Gasteiger partial charge in [0.05, 0.1) is 12.2 Å².